The van der Waals surface area contributed by atoms with Crippen molar-refractivity contribution in [1.82, 2.24) is 25.8 Å². The van der Waals surface area contributed by atoms with Crippen LogP contribution in [0, 0.1) is 23.7 Å². The molecule has 1 aromatic carbocycles. The minimum Gasteiger partial charge on any atom is -0.379 e. The van der Waals surface area contributed by atoms with Crippen molar-refractivity contribution >= 4 is 31.7 Å². The molecule has 4 rings (SSSR count). The molecule has 0 spiro atoms. The van der Waals surface area contributed by atoms with E-state index >= 15 is 0 Å². The van der Waals surface area contributed by atoms with Crippen molar-refractivity contribution in [3.05, 3.63) is 35.9 Å². The maximum absolute atomic E-state index is 14.2. The number of benzene rings is 1. The highest BCUT2D eigenvalue weighted by atomic mass is 31.1. The fourth-order valence-electron chi connectivity index (χ4n) is 8.75. The second-order valence-electron chi connectivity index (χ2n) is 15.8. The topological polar surface area (TPSA) is 167 Å². The Kier molecular flexibility index (Phi) is 15.8. The second kappa shape index (κ2) is 19.6. The number of nitrogens with one attached hydrogen (secondary N) is 3. The molecule has 2 aliphatic heterocycles. The molecule has 13 nitrogen and oxygen atoms in total. The van der Waals surface area contributed by atoms with Gasteiger partial charge in [-0.25, -0.2) is 0 Å². The van der Waals surface area contributed by atoms with Crippen LogP contribution in [-0.4, -0.2) is 114 Å². The summed E-state index contributed by atoms with van der Waals surface area (Å²) in [4.78, 5) is 68.7. The predicted molar refractivity (Wildman–Crippen MR) is 203 cm³/mol. The number of amides is 4. The molecule has 1 aromatic rings. The first-order valence-corrected chi connectivity index (χ1v) is 20.7. The third-order valence-electron chi connectivity index (χ3n) is 12.0. The van der Waals surface area contributed by atoms with Gasteiger partial charge >= 0.3 is 8.03 Å². The van der Waals surface area contributed by atoms with Gasteiger partial charge in [0.15, 0.2) is 0 Å². The number of hydrogen-bond acceptors (Lipinski definition) is 8. The lowest BCUT2D eigenvalue weighted by Crippen LogP contribution is -2.59. The summed E-state index contributed by atoms with van der Waals surface area (Å²) in [6, 6.07) is 7.71. The highest BCUT2D eigenvalue weighted by Gasteiger charge is 2.46. The molecule has 296 valence electrons. The zero-order valence-electron chi connectivity index (χ0n) is 32.8. The number of fused-ring (bicyclic) bond motifs is 2. The van der Waals surface area contributed by atoms with E-state index in [2.05, 4.69) is 16.0 Å². The molecule has 2 saturated heterocycles. The fraction of sp³-hybridized carbons (Fsp3) is 0.744. The molecule has 2 bridgehead atoms. The van der Waals surface area contributed by atoms with Crippen molar-refractivity contribution in [1.29, 1.82) is 0 Å². The van der Waals surface area contributed by atoms with E-state index in [1.807, 2.05) is 58.0 Å². The van der Waals surface area contributed by atoms with Gasteiger partial charge in [-0.05, 0) is 60.0 Å². The smallest absolute Gasteiger partial charge is 0.379 e. The minimum absolute atomic E-state index is 0.00847. The predicted octanol–water partition coefficient (Wildman–Crippen LogP) is 3.61. The molecule has 3 aliphatic rings. The lowest BCUT2D eigenvalue weighted by atomic mass is 9.89. The number of likely N-dealkylation sites (tertiary alicyclic amines) is 1. The van der Waals surface area contributed by atoms with Crippen LogP contribution < -0.4 is 16.0 Å². The van der Waals surface area contributed by atoms with Gasteiger partial charge in [0.1, 0.15) is 6.04 Å². The number of rotatable bonds is 19. The van der Waals surface area contributed by atoms with Crippen LogP contribution in [0.3, 0.4) is 0 Å². The van der Waals surface area contributed by atoms with Crippen molar-refractivity contribution in [2.45, 2.75) is 134 Å². The van der Waals surface area contributed by atoms with E-state index in [0.29, 0.717) is 24.9 Å². The summed E-state index contributed by atoms with van der Waals surface area (Å²) in [5.41, 5.74) is 0.826. The van der Waals surface area contributed by atoms with Gasteiger partial charge in [0.25, 0.3) is 5.78 Å². The Morgan fingerprint density at radius 3 is 2.28 bits per heavy atom. The quantitative estimate of drug-likeness (QED) is 0.154. The SMILES string of the molecule is CC[C@H](C)[C@@H]([C@@H](CC(=O)N1CCCC1[C@H](OC)[C@@H](C)C(=O)N[C@@H](Cc1ccccc1)[P+](=O)O)OC)N(C)C(=O)C(NC(=O)[C@H]1N[C@@H]2CC[C@H]1C2)C(C)C. The van der Waals surface area contributed by atoms with Crippen LogP contribution in [0.1, 0.15) is 85.1 Å². The molecular weight excluding hydrogens is 697 g/mol. The lowest BCUT2D eigenvalue weighted by Gasteiger charge is -2.41. The average Bonchev–Trinajstić information content (AvgIpc) is 3.92. The molecule has 2 heterocycles. The molecule has 14 heteroatoms. The number of ether oxygens (including phenoxy) is 2. The third kappa shape index (κ3) is 10.4. The third-order valence-corrected chi connectivity index (χ3v) is 12.8. The summed E-state index contributed by atoms with van der Waals surface area (Å²) in [5.74, 6) is -2.53. The van der Waals surface area contributed by atoms with Crippen molar-refractivity contribution in [3.63, 3.8) is 0 Å². The van der Waals surface area contributed by atoms with Crippen LogP contribution in [0.4, 0.5) is 0 Å². The van der Waals surface area contributed by atoms with E-state index < -0.39 is 56.0 Å². The van der Waals surface area contributed by atoms with Gasteiger partial charge in [0.05, 0.1) is 42.7 Å². The van der Waals surface area contributed by atoms with Crippen molar-refractivity contribution < 1.29 is 38.1 Å². The van der Waals surface area contributed by atoms with Gasteiger partial charge < -0.3 is 35.2 Å². The molecule has 3 fully saturated rings. The van der Waals surface area contributed by atoms with Gasteiger partial charge in [-0.2, -0.15) is 4.89 Å². The number of piperidine rings is 1. The second-order valence-corrected chi connectivity index (χ2v) is 17.0. The highest BCUT2D eigenvalue weighted by Crippen LogP contribution is 2.36. The van der Waals surface area contributed by atoms with E-state index in [1.54, 1.807) is 30.9 Å². The van der Waals surface area contributed by atoms with Gasteiger partial charge in [0.2, 0.25) is 23.6 Å². The maximum Gasteiger partial charge on any atom is 0.531 e. The summed E-state index contributed by atoms with van der Waals surface area (Å²) in [7, 11) is 2.10. The first-order valence-electron chi connectivity index (χ1n) is 19.4. The van der Waals surface area contributed by atoms with Crippen LogP contribution >= 0.6 is 8.03 Å². The Bertz CT molecular complexity index is 1420. The normalized spacial score (nSPS) is 25.2. The van der Waals surface area contributed by atoms with Crippen LogP contribution in [-0.2, 0) is 39.6 Å². The lowest BCUT2D eigenvalue weighted by molar-refractivity contribution is -0.147. The van der Waals surface area contributed by atoms with Gasteiger partial charge in [-0.3, -0.25) is 19.2 Å². The Morgan fingerprint density at radius 1 is 1.04 bits per heavy atom. The standard InChI is InChI=1S/C39H62N5O8P/c1-9-24(4)35(43(6)39(48)33(23(2)3)42-38(47)34-27-17-18-28(21-27)40-34)30(51-7)22-32(45)44-19-13-16-29(44)36(52-8)25(5)37(46)41-31(53(49)50)20-26-14-11-10-12-15-26/h10-12,14-15,23-25,27-31,33-36,40H,9,13,16-22H2,1-8H3,(H2-,41,42,46,47,49,50)/p+1/t24-,25+,27-,28+,29?,30+,31+,33?,34-,35-,36+/m0/s1. The zero-order valence-corrected chi connectivity index (χ0v) is 33.7. The van der Waals surface area contributed by atoms with Gasteiger partial charge in [-0.15, -0.1) is 0 Å². The van der Waals surface area contributed by atoms with Gasteiger partial charge in [-0.1, -0.05) is 71.4 Å². The van der Waals surface area contributed by atoms with Crippen molar-refractivity contribution in [2.24, 2.45) is 23.7 Å². The minimum atomic E-state index is -2.70. The molecule has 4 amide bonds. The van der Waals surface area contributed by atoms with Crippen LogP contribution in [0.5, 0.6) is 0 Å². The Morgan fingerprint density at radius 2 is 1.74 bits per heavy atom. The van der Waals surface area contributed by atoms with Crippen LogP contribution in [0.25, 0.3) is 0 Å². The van der Waals surface area contributed by atoms with Crippen LogP contribution in [0.2, 0.25) is 0 Å². The summed E-state index contributed by atoms with van der Waals surface area (Å²) in [5, 5.41) is 9.25. The first kappa shape index (κ1) is 42.8. The number of likely N-dealkylation sites (N-methyl/N-ethyl adjacent to an activating group) is 1. The number of hydrogen-bond donors (Lipinski definition) is 4. The van der Waals surface area contributed by atoms with E-state index in [0.717, 1.165) is 37.7 Å². The number of methoxy groups -OCH3 is 2. The maximum atomic E-state index is 14.2. The molecule has 1 aliphatic carbocycles. The number of nitrogens with zero attached hydrogens (tertiary/aromatic N) is 2. The summed E-state index contributed by atoms with van der Waals surface area (Å²) >= 11 is 0. The highest BCUT2D eigenvalue weighted by molar-refractivity contribution is 7.38. The Hall–Kier alpha value is -2.96. The monoisotopic (exact) mass is 760 g/mol. The Labute approximate surface area is 316 Å². The van der Waals surface area contributed by atoms with E-state index in [-0.39, 0.29) is 48.4 Å². The molecule has 0 aromatic heterocycles. The van der Waals surface area contributed by atoms with Crippen molar-refractivity contribution in [3.8, 4) is 0 Å². The molecular formula is C39H63N5O8P+. The number of carbonyl (C=O) groups is 4. The van der Waals surface area contributed by atoms with Crippen molar-refractivity contribution in [2.75, 3.05) is 27.8 Å². The molecule has 12 atom stereocenters. The summed E-state index contributed by atoms with van der Waals surface area (Å²) < 4.78 is 24.1. The fourth-order valence-corrected chi connectivity index (χ4v) is 9.35. The van der Waals surface area contributed by atoms with E-state index in [9.17, 15) is 28.6 Å². The molecule has 53 heavy (non-hydrogen) atoms. The van der Waals surface area contributed by atoms with Crippen LogP contribution in [0.15, 0.2) is 30.3 Å². The van der Waals surface area contributed by atoms with E-state index in [4.69, 9.17) is 9.47 Å². The number of carbonyl (C=O) groups excluding carboxylic acids is 4. The van der Waals surface area contributed by atoms with E-state index in [1.165, 1.54) is 7.11 Å². The Balaban J connectivity index is 1.45. The first-order chi connectivity index (χ1) is 25.2. The molecule has 4 N–H and O–H groups in total. The zero-order chi connectivity index (χ0) is 39.0. The summed E-state index contributed by atoms with van der Waals surface area (Å²) in [6.07, 6.45) is 4.10. The molecule has 3 unspecified atom stereocenters. The van der Waals surface area contributed by atoms with Gasteiger partial charge in [0, 0.05) is 40.3 Å². The average molecular weight is 761 g/mol. The molecule has 1 saturated carbocycles. The summed E-state index contributed by atoms with van der Waals surface area (Å²) in [6.45, 7) is 10.1. The largest absolute Gasteiger partial charge is 0.531 e. The molecule has 0 radical (unpaired) electrons.